The lowest BCUT2D eigenvalue weighted by Crippen LogP contribution is -2.39. The van der Waals surface area contributed by atoms with E-state index in [1.807, 2.05) is 0 Å². The number of sulfonamides is 1. The maximum atomic E-state index is 13.0. The molecule has 0 amide bonds. The summed E-state index contributed by atoms with van der Waals surface area (Å²) in [5.74, 6) is 0.205. The van der Waals surface area contributed by atoms with E-state index in [0.29, 0.717) is 17.7 Å². The number of aromatic nitrogens is 1. The van der Waals surface area contributed by atoms with Crippen LogP contribution in [-0.2, 0) is 25.6 Å². The van der Waals surface area contributed by atoms with Gasteiger partial charge in [-0.3, -0.25) is 0 Å². The molecular formula is C18H18F3N3O4S. The van der Waals surface area contributed by atoms with Gasteiger partial charge < -0.3 is 13.9 Å². The van der Waals surface area contributed by atoms with Crippen LogP contribution in [0.4, 0.5) is 13.2 Å². The lowest BCUT2D eigenvalue weighted by Gasteiger charge is -2.25. The number of halogens is 3. The molecule has 2 aliphatic heterocycles. The zero-order valence-electron chi connectivity index (χ0n) is 15.7. The van der Waals surface area contributed by atoms with E-state index in [1.165, 1.54) is 23.4 Å². The average molecular weight is 429 g/mol. The summed E-state index contributed by atoms with van der Waals surface area (Å²) in [6, 6.07) is 4.86. The first-order chi connectivity index (χ1) is 13.5. The van der Waals surface area contributed by atoms with E-state index < -0.39 is 27.7 Å². The highest BCUT2D eigenvalue weighted by Crippen LogP contribution is 2.40. The molecule has 2 atom stereocenters. The van der Waals surface area contributed by atoms with Crippen molar-refractivity contribution < 1.29 is 31.3 Å². The molecule has 0 aliphatic carbocycles. The van der Waals surface area contributed by atoms with Crippen LogP contribution in [0.1, 0.15) is 35.4 Å². The average Bonchev–Trinajstić information content (AvgIpc) is 3.35. The summed E-state index contributed by atoms with van der Waals surface area (Å²) >= 11 is 0. The number of benzene rings is 1. The molecule has 1 aromatic carbocycles. The Labute approximate surface area is 165 Å². The van der Waals surface area contributed by atoms with Crippen LogP contribution in [0, 0.1) is 13.8 Å². The Morgan fingerprint density at radius 2 is 2.07 bits per heavy atom. The number of aryl methyl sites for hydroxylation is 2. The lowest BCUT2D eigenvalue weighted by molar-refractivity contribution is -0.137. The third kappa shape index (κ3) is 3.47. The highest BCUT2D eigenvalue weighted by Gasteiger charge is 2.52. The van der Waals surface area contributed by atoms with E-state index in [0.717, 1.165) is 12.1 Å². The maximum Gasteiger partial charge on any atom is 0.416 e. The van der Waals surface area contributed by atoms with Gasteiger partial charge in [-0.15, -0.1) is 4.31 Å². The van der Waals surface area contributed by atoms with Gasteiger partial charge in [0.15, 0.2) is 21.8 Å². The number of nitrogens with zero attached hydrogens (tertiary/aromatic N) is 3. The van der Waals surface area contributed by atoms with Crippen molar-refractivity contribution in [2.24, 2.45) is 5.16 Å². The molecule has 4 rings (SSSR count). The Hall–Kier alpha value is -2.24. The molecule has 11 heteroatoms. The molecule has 0 bridgehead atoms. The quantitative estimate of drug-likeness (QED) is 0.697. The first kappa shape index (κ1) is 20.0. The summed E-state index contributed by atoms with van der Waals surface area (Å²) in [6.45, 7) is 3.33. The normalized spacial score (nSPS) is 24.6. The van der Waals surface area contributed by atoms with Crippen molar-refractivity contribution in [1.82, 2.24) is 9.46 Å². The number of hydrogen-bond acceptors (Lipinski definition) is 6. The summed E-state index contributed by atoms with van der Waals surface area (Å²) in [4.78, 5) is 5.59. The van der Waals surface area contributed by atoms with Crippen molar-refractivity contribution in [3.63, 3.8) is 0 Å². The van der Waals surface area contributed by atoms with E-state index in [9.17, 15) is 21.9 Å². The van der Waals surface area contributed by atoms with E-state index in [4.69, 9.17) is 9.36 Å². The van der Waals surface area contributed by atoms with Crippen molar-refractivity contribution in [2.75, 3.05) is 13.1 Å². The van der Waals surface area contributed by atoms with Crippen molar-refractivity contribution in [3.05, 3.63) is 46.8 Å². The molecular weight excluding hydrogens is 411 g/mol. The van der Waals surface area contributed by atoms with Crippen LogP contribution in [-0.4, -0.2) is 38.4 Å². The first-order valence-electron chi connectivity index (χ1n) is 8.88. The monoisotopic (exact) mass is 429 g/mol. The fourth-order valence-corrected chi connectivity index (χ4v) is 5.56. The van der Waals surface area contributed by atoms with Gasteiger partial charge in [-0.05, 0) is 19.1 Å². The molecule has 1 spiro atoms. The van der Waals surface area contributed by atoms with Gasteiger partial charge in [-0.1, -0.05) is 26.7 Å². The zero-order chi connectivity index (χ0) is 21.0. The summed E-state index contributed by atoms with van der Waals surface area (Å²) in [7, 11) is -3.83. The molecule has 1 aromatic heterocycles. The van der Waals surface area contributed by atoms with Gasteiger partial charge in [0.2, 0.25) is 4.90 Å². The Balaban J connectivity index is 1.53. The van der Waals surface area contributed by atoms with E-state index in [-0.39, 0.29) is 35.9 Å². The highest BCUT2D eigenvalue weighted by atomic mass is 32.3. The predicted molar refractivity (Wildman–Crippen MR) is 95.7 cm³/mol. The van der Waals surface area contributed by atoms with Gasteiger partial charge >= 0.3 is 6.18 Å². The molecule has 29 heavy (non-hydrogen) atoms. The second-order valence-electron chi connectivity index (χ2n) is 7.31. The minimum Gasteiger partial charge on any atom is -0.593 e. The van der Waals surface area contributed by atoms with Gasteiger partial charge in [-0.25, -0.2) is 0 Å². The summed E-state index contributed by atoms with van der Waals surface area (Å²) in [5, 5.41) is 7.67. The molecule has 1 fully saturated rings. The SMILES string of the molecule is Cc1noc(C)c1[S+](=O)([O-])N1CCC2(CC(c3cccc(C(F)(F)F)c3)=NO2)C1. The number of hydrogen-bond donors (Lipinski definition) is 0. The van der Waals surface area contributed by atoms with E-state index >= 15 is 0 Å². The first-order valence-corrected chi connectivity index (χ1v) is 10.3. The van der Waals surface area contributed by atoms with Gasteiger partial charge in [0.1, 0.15) is 5.69 Å². The summed E-state index contributed by atoms with van der Waals surface area (Å²) in [6.07, 6.45) is -3.86. The highest BCUT2D eigenvalue weighted by molar-refractivity contribution is 7.95. The van der Waals surface area contributed by atoms with Crippen LogP contribution in [0.5, 0.6) is 0 Å². The van der Waals surface area contributed by atoms with Gasteiger partial charge in [0.05, 0.1) is 17.8 Å². The van der Waals surface area contributed by atoms with Crippen LogP contribution in [0.3, 0.4) is 0 Å². The Morgan fingerprint density at radius 3 is 2.72 bits per heavy atom. The molecule has 3 heterocycles. The molecule has 2 aromatic rings. The number of alkyl halides is 3. The van der Waals surface area contributed by atoms with Crippen LogP contribution >= 0.6 is 0 Å². The summed E-state index contributed by atoms with van der Waals surface area (Å²) in [5.41, 5.74) is -0.712. The second-order valence-corrected chi connectivity index (χ2v) is 9.18. The fourth-order valence-electron chi connectivity index (χ4n) is 3.76. The maximum absolute atomic E-state index is 13.0. The molecule has 1 saturated heterocycles. The number of rotatable bonds is 3. The number of oxime groups is 1. The molecule has 0 N–H and O–H groups in total. The Kier molecular flexibility index (Phi) is 4.59. The van der Waals surface area contributed by atoms with Crippen LogP contribution in [0.25, 0.3) is 0 Å². The molecule has 0 saturated carbocycles. The van der Waals surface area contributed by atoms with Gasteiger partial charge in [0.25, 0.3) is 0 Å². The van der Waals surface area contributed by atoms with E-state index in [2.05, 4.69) is 10.3 Å². The minimum atomic E-state index is -4.46. The van der Waals surface area contributed by atoms with Crippen molar-refractivity contribution >= 4 is 16.1 Å². The van der Waals surface area contributed by atoms with E-state index in [1.54, 1.807) is 6.92 Å². The van der Waals surface area contributed by atoms with Crippen LogP contribution < -0.4 is 0 Å². The largest absolute Gasteiger partial charge is 0.593 e. The second kappa shape index (κ2) is 6.64. The third-order valence-electron chi connectivity index (χ3n) is 5.21. The Morgan fingerprint density at radius 1 is 1.31 bits per heavy atom. The fraction of sp³-hybridized carbons (Fsp3) is 0.444. The van der Waals surface area contributed by atoms with Gasteiger partial charge in [-0.2, -0.15) is 13.2 Å². The molecule has 2 unspecified atom stereocenters. The smallest absolute Gasteiger partial charge is 0.416 e. The molecule has 7 nitrogen and oxygen atoms in total. The summed E-state index contributed by atoms with van der Waals surface area (Å²) < 4.78 is 71.2. The van der Waals surface area contributed by atoms with Gasteiger partial charge in [0, 0.05) is 31.9 Å². The lowest BCUT2D eigenvalue weighted by atomic mass is 9.93. The molecule has 156 valence electrons. The third-order valence-corrected chi connectivity index (χ3v) is 7.30. The van der Waals surface area contributed by atoms with Crippen LogP contribution in [0.15, 0.2) is 38.8 Å². The van der Waals surface area contributed by atoms with Crippen molar-refractivity contribution in [1.29, 1.82) is 0 Å². The predicted octanol–water partition coefficient (Wildman–Crippen LogP) is 3.48. The van der Waals surface area contributed by atoms with Crippen molar-refractivity contribution in [3.8, 4) is 0 Å². The topological polar surface area (TPSA) is 91.0 Å². The minimum absolute atomic E-state index is 0.0339. The Bertz CT molecular complexity index is 1020. The molecule has 2 aliphatic rings. The zero-order valence-corrected chi connectivity index (χ0v) is 16.5. The standard InChI is InChI=1S/C18H18F3N3O4S/c1-11-16(12(2)27-22-11)29(25,26)24-7-6-17(10-24)9-15(23-28-17)13-4-3-5-14(8-13)18(19,20)21/h3-5,8H,6-7,9-10H2,1-2H3. The van der Waals surface area contributed by atoms with Crippen LogP contribution in [0.2, 0.25) is 0 Å². The van der Waals surface area contributed by atoms with Crippen molar-refractivity contribution in [2.45, 2.75) is 43.4 Å². The molecule has 0 radical (unpaired) electrons.